The molecule has 0 bridgehead atoms. The zero-order valence-electron chi connectivity index (χ0n) is 19.4. The van der Waals surface area contributed by atoms with Gasteiger partial charge in [-0.15, -0.1) is 0 Å². The van der Waals surface area contributed by atoms with Crippen molar-refractivity contribution in [1.29, 1.82) is 0 Å². The van der Waals surface area contributed by atoms with Gasteiger partial charge >= 0.3 is 5.69 Å². The zero-order valence-corrected chi connectivity index (χ0v) is 21.7. The van der Waals surface area contributed by atoms with Crippen LogP contribution in [0.2, 0.25) is 5.02 Å². The summed E-state index contributed by atoms with van der Waals surface area (Å²) in [4.78, 5) is 28.9. The molecule has 1 heterocycles. The molecule has 8 nitrogen and oxygen atoms in total. The molecule has 5 rings (SSSR count). The monoisotopic (exact) mass is 576 g/mol. The van der Waals surface area contributed by atoms with Crippen molar-refractivity contribution in [3.05, 3.63) is 120 Å². The van der Waals surface area contributed by atoms with Crippen LogP contribution < -0.4 is 10.3 Å². The topological polar surface area (TPSA) is 99.6 Å². The van der Waals surface area contributed by atoms with Crippen molar-refractivity contribution in [2.45, 2.75) is 13.5 Å². The van der Waals surface area contributed by atoms with E-state index in [0.29, 0.717) is 16.7 Å². The Kier molecular flexibility index (Phi) is 6.73. The number of rotatable bonds is 6. The van der Waals surface area contributed by atoms with Crippen LogP contribution in [0, 0.1) is 17.0 Å². The first-order valence-electron chi connectivity index (χ1n) is 11.1. The third kappa shape index (κ3) is 4.96. The summed E-state index contributed by atoms with van der Waals surface area (Å²) in [6, 6.07) is 21.5. The second-order valence-corrected chi connectivity index (χ2v) is 9.56. The Morgan fingerprint density at radius 3 is 2.70 bits per heavy atom. The summed E-state index contributed by atoms with van der Waals surface area (Å²) in [5.74, 6) is 0.346. The summed E-state index contributed by atoms with van der Waals surface area (Å²) >= 11 is 9.56. The van der Waals surface area contributed by atoms with E-state index in [-0.39, 0.29) is 34.2 Å². The van der Waals surface area contributed by atoms with E-state index in [1.165, 1.54) is 18.3 Å². The summed E-state index contributed by atoms with van der Waals surface area (Å²) < 4.78 is 7.88. The molecule has 0 N–H and O–H groups in total. The molecule has 0 saturated heterocycles. The molecule has 4 aromatic carbocycles. The summed E-state index contributed by atoms with van der Waals surface area (Å²) in [5, 5.41) is 18.7. The molecule has 1 aromatic heterocycles. The van der Waals surface area contributed by atoms with E-state index in [9.17, 15) is 14.9 Å². The summed E-state index contributed by atoms with van der Waals surface area (Å²) in [5.41, 5.74) is 0.963. The number of halogens is 2. The maximum atomic E-state index is 13.1. The Morgan fingerprint density at radius 2 is 1.89 bits per heavy atom. The SMILES string of the molecule is Cc1nc2ccc(Br)cc2c(=O)n1N=Cc1cc(Cl)cc([N+](=O)[O-])c1OCc1cccc2ccccc12. The van der Waals surface area contributed by atoms with E-state index in [0.717, 1.165) is 25.5 Å². The largest absolute Gasteiger partial charge is 0.481 e. The number of fused-ring (bicyclic) bond motifs is 2. The maximum Gasteiger partial charge on any atom is 0.313 e. The molecule has 0 saturated carbocycles. The highest BCUT2D eigenvalue weighted by Crippen LogP contribution is 2.35. The number of ether oxygens (including phenoxy) is 1. The lowest BCUT2D eigenvalue weighted by Gasteiger charge is -2.12. The lowest BCUT2D eigenvalue weighted by atomic mass is 10.1. The molecule has 0 aliphatic carbocycles. The first kappa shape index (κ1) is 24.6. The molecule has 0 atom stereocenters. The fourth-order valence-electron chi connectivity index (χ4n) is 4.07. The second-order valence-electron chi connectivity index (χ2n) is 8.21. The summed E-state index contributed by atoms with van der Waals surface area (Å²) in [6.07, 6.45) is 1.32. The van der Waals surface area contributed by atoms with Crippen molar-refractivity contribution in [2.75, 3.05) is 0 Å². The van der Waals surface area contributed by atoms with Crippen LogP contribution in [-0.4, -0.2) is 20.8 Å². The number of nitrogens with zero attached hydrogens (tertiary/aromatic N) is 4. The van der Waals surface area contributed by atoms with Crippen molar-refractivity contribution in [1.82, 2.24) is 9.66 Å². The van der Waals surface area contributed by atoms with Gasteiger partial charge in [-0.25, -0.2) is 4.98 Å². The highest BCUT2D eigenvalue weighted by atomic mass is 79.9. The van der Waals surface area contributed by atoms with Gasteiger partial charge in [0.05, 0.1) is 22.0 Å². The van der Waals surface area contributed by atoms with Gasteiger partial charge in [-0.05, 0) is 47.5 Å². The quantitative estimate of drug-likeness (QED) is 0.128. The molecule has 0 aliphatic rings. The molecule has 10 heteroatoms. The molecule has 0 aliphatic heterocycles. The van der Waals surface area contributed by atoms with E-state index in [4.69, 9.17) is 16.3 Å². The smallest absolute Gasteiger partial charge is 0.313 e. The summed E-state index contributed by atoms with van der Waals surface area (Å²) in [7, 11) is 0. The van der Waals surface area contributed by atoms with E-state index < -0.39 is 4.92 Å². The van der Waals surface area contributed by atoms with Gasteiger partial charge in [0.15, 0.2) is 0 Å². The fraction of sp³-hybridized carbons (Fsp3) is 0.0741. The maximum absolute atomic E-state index is 13.1. The van der Waals surface area contributed by atoms with Crippen LogP contribution in [-0.2, 0) is 6.61 Å². The lowest BCUT2D eigenvalue weighted by molar-refractivity contribution is -0.385. The number of hydrogen-bond donors (Lipinski definition) is 0. The van der Waals surface area contributed by atoms with Crippen molar-refractivity contribution in [3.63, 3.8) is 0 Å². The van der Waals surface area contributed by atoms with Crippen LogP contribution in [0.1, 0.15) is 17.0 Å². The van der Waals surface area contributed by atoms with Gasteiger partial charge in [0.2, 0.25) is 5.75 Å². The minimum Gasteiger partial charge on any atom is -0.481 e. The molecule has 0 radical (unpaired) electrons. The second kappa shape index (κ2) is 10.1. The number of aryl methyl sites for hydroxylation is 1. The van der Waals surface area contributed by atoms with Crippen LogP contribution in [0.15, 0.2) is 87.2 Å². The van der Waals surface area contributed by atoms with Crippen LogP contribution in [0.4, 0.5) is 5.69 Å². The minimum atomic E-state index is -0.561. The molecule has 0 amide bonds. The minimum absolute atomic E-state index is 0.00622. The number of nitro groups is 1. The number of aromatic nitrogens is 2. The van der Waals surface area contributed by atoms with Gasteiger partial charge in [-0.2, -0.15) is 9.78 Å². The molecule has 5 aromatic rings. The molecule has 0 spiro atoms. The number of hydrogen-bond acceptors (Lipinski definition) is 6. The van der Waals surface area contributed by atoms with E-state index in [1.807, 2.05) is 42.5 Å². The predicted molar refractivity (Wildman–Crippen MR) is 148 cm³/mol. The Morgan fingerprint density at radius 1 is 1.11 bits per heavy atom. The van der Waals surface area contributed by atoms with Gasteiger partial charge in [0.25, 0.3) is 5.56 Å². The number of benzene rings is 4. The third-order valence-electron chi connectivity index (χ3n) is 5.79. The first-order valence-corrected chi connectivity index (χ1v) is 12.3. The Hall–Kier alpha value is -4.08. The molecule has 0 unspecified atom stereocenters. The highest BCUT2D eigenvalue weighted by Gasteiger charge is 2.21. The first-order chi connectivity index (χ1) is 17.8. The van der Waals surface area contributed by atoms with Crippen LogP contribution in [0.5, 0.6) is 5.75 Å². The van der Waals surface area contributed by atoms with Gasteiger partial charge in [0.1, 0.15) is 12.4 Å². The molecule has 0 fully saturated rings. The van der Waals surface area contributed by atoms with Crippen molar-refractivity contribution < 1.29 is 9.66 Å². The van der Waals surface area contributed by atoms with Gasteiger partial charge < -0.3 is 4.74 Å². The van der Waals surface area contributed by atoms with Crippen LogP contribution >= 0.6 is 27.5 Å². The average Bonchev–Trinajstić information content (AvgIpc) is 2.88. The van der Waals surface area contributed by atoms with Crippen LogP contribution in [0.25, 0.3) is 21.7 Å². The van der Waals surface area contributed by atoms with Gasteiger partial charge in [-0.3, -0.25) is 14.9 Å². The van der Waals surface area contributed by atoms with E-state index >= 15 is 0 Å². The van der Waals surface area contributed by atoms with Crippen molar-refractivity contribution >= 4 is 61.1 Å². The normalized spacial score (nSPS) is 11.4. The fourth-order valence-corrected chi connectivity index (χ4v) is 4.65. The van der Waals surface area contributed by atoms with Gasteiger partial charge in [0, 0.05) is 21.1 Å². The molecular formula is C27H18BrClN4O4. The van der Waals surface area contributed by atoms with Crippen molar-refractivity contribution in [2.24, 2.45) is 5.10 Å². The van der Waals surface area contributed by atoms with Gasteiger partial charge in [-0.1, -0.05) is 70.0 Å². The van der Waals surface area contributed by atoms with E-state index in [1.54, 1.807) is 25.1 Å². The highest BCUT2D eigenvalue weighted by molar-refractivity contribution is 9.10. The predicted octanol–water partition coefficient (Wildman–Crippen LogP) is 6.64. The molecule has 37 heavy (non-hydrogen) atoms. The Balaban J connectivity index is 1.58. The summed E-state index contributed by atoms with van der Waals surface area (Å²) in [6.45, 7) is 1.73. The third-order valence-corrected chi connectivity index (χ3v) is 6.51. The zero-order chi connectivity index (χ0) is 26.1. The van der Waals surface area contributed by atoms with Crippen molar-refractivity contribution in [3.8, 4) is 5.75 Å². The standard InChI is InChI=1S/C27H18BrClN4O4/c1-16-31-24-10-9-20(28)12-23(24)27(34)32(16)30-14-19-11-21(29)13-25(33(35)36)26(19)37-15-18-7-4-6-17-5-2-3-8-22(17)18/h2-14H,15H2,1H3. The average molecular weight is 578 g/mol. The number of nitro benzene ring substituents is 1. The Bertz CT molecular complexity index is 1780. The lowest BCUT2D eigenvalue weighted by Crippen LogP contribution is -2.20. The van der Waals surface area contributed by atoms with E-state index in [2.05, 4.69) is 26.0 Å². The molecular weight excluding hydrogens is 560 g/mol. The van der Waals surface area contributed by atoms with Crippen LogP contribution in [0.3, 0.4) is 0 Å². The molecule has 184 valence electrons. The Labute approximate surface area is 224 Å².